The van der Waals surface area contributed by atoms with Crippen molar-refractivity contribution in [2.75, 3.05) is 50.0 Å². The van der Waals surface area contributed by atoms with Crippen LogP contribution < -0.4 is 85.9 Å². The predicted molar refractivity (Wildman–Crippen MR) is 537 cm³/mol. The zero-order valence-electron chi connectivity index (χ0n) is 82.7. The summed E-state index contributed by atoms with van der Waals surface area (Å²) in [5, 5.41) is 65.9. The van der Waals surface area contributed by atoms with Crippen LogP contribution in [0.1, 0.15) is 173 Å². The van der Waals surface area contributed by atoms with Crippen LogP contribution in [-0.2, 0) is 112 Å². The Kier molecular flexibility index (Phi) is 42.8. The minimum atomic E-state index is -2.02. The molecule has 10 rings (SSSR count). The first kappa shape index (κ1) is 112. The molecule has 0 spiro atoms. The van der Waals surface area contributed by atoms with Crippen molar-refractivity contribution in [3.05, 3.63) is 151 Å². The van der Waals surface area contributed by atoms with Gasteiger partial charge in [0.25, 0.3) is 0 Å². The number of nitrogens with two attached hydrogens (primary N) is 2. The van der Waals surface area contributed by atoms with E-state index in [1.54, 1.807) is 102 Å². The summed E-state index contributed by atoms with van der Waals surface area (Å²) in [7, 11) is 1.25. The number of benzene rings is 4. The van der Waals surface area contributed by atoms with Crippen LogP contribution in [-0.4, -0.2) is 270 Å². The zero-order chi connectivity index (χ0) is 105. The first-order valence-corrected chi connectivity index (χ1v) is 50.5. The highest BCUT2D eigenvalue weighted by atomic mass is 32.2. The van der Waals surface area contributed by atoms with E-state index in [4.69, 9.17) is 16.9 Å². The fourth-order valence-corrected chi connectivity index (χ4v) is 19.1. The largest absolute Gasteiger partial charge is 0.481 e. The van der Waals surface area contributed by atoms with Crippen molar-refractivity contribution < 1.29 is 96.5 Å². The van der Waals surface area contributed by atoms with Gasteiger partial charge in [-0.05, 0) is 127 Å². The summed E-state index contributed by atoms with van der Waals surface area (Å²) >= 11 is 0.851. The van der Waals surface area contributed by atoms with E-state index in [1.807, 2.05) is 42.5 Å². The van der Waals surface area contributed by atoms with Gasteiger partial charge in [-0.2, -0.15) is 0 Å². The third-order valence-corrected chi connectivity index (χ3v) is 27.4. The molecule has 2 saturated heterocycles. The molecule has 23 N–H and O–H groups in total. The zero-order valence-corrected chi connectivity index (χ0v) is 83.5. The number of imidazole rings is 2. The van der Waals surface area contributed by atoms with Gasteiger partial charge in [0, 0.05) is 87.0 Å². The lowest BCUT2D eigenvalue weighted by Crippen LogP contribution is -2.62. The van der Waals surface area contributed by atoms with Crippen molar-refractivity contribution in [1.82, 2.24) is 98.9 Å². The number of nitrogens with zero attached hydrogens (tertiary/aromatic N) is 4. The summed E-state index contributed by atoms with van der Waals surface area (Å²) in [5.74, 6) is -20.9. The van der Waals surface area contributed by atoms with E-state index < -0.39 is 234 Å². The molecule has 4 aliphatic rings. The quantitative estimate of drug-likeness (QED) is 0.0182. The number of amides is 16. The molecule has 2 aromatic heterocycles. The lowest BCUT2D eigenvalue weighted by Gasteiger charge is -2.33. The average Bonchev–Trinajstić information content (AvgIpc) is 1.67. The number of aliphatic carboxylic acids is 2. The Bertz CT molecular complexity index is 5480. The summed E-state index contributed by atoms with van der Waals surface area (Å²) in [6, 6.07) is 11.9. The maximum absolute atomic E-state index is 15.9. The molecule has 782 valence electrons. The molecule has 0 unspecified atom stereocenters. The molecule has 44 heteroatoms. The summed E-state index contributed by atoms with van der Waals surface area (Å²) in [6.07, 6.45) is 9.03. The number of carbonyl (C=O) groups is 18. The number of carboxylic acids is 2. The second-order valence-corrected chi connectivity index (χ2v) is 39.5. The molecule has 4 aromatic carbocycles. The van der Waals surface area contributed by atoms with Crippen LogP contribution in [0.2, 0.25) is 0 Å². The third kappa shape index (κ3) is 34.9. The van der Waals surface area contributed by atoms with E-state index >= 15 is 28.8 Å². The van der Waals surface area contributed by atoms with Crippen LogP contribution in [0, 0.1) is 40.9 Å². The number of hydrogen-bond donors (Lipinski definition) is 21. The number of thioether (sulfide) groups is 1. The Morgan fingerprint density at radius 2 is 1.03 bits per heavy atom. The molecular weight excluding hydrogens is 1890 g/mol. The van der Waals surface area contributed by atoms with Crippen molar-refractivity contribution >= 4 is 130 Å². The van der Waals surface area contributed by atoms with Gasteiger partial charge in [-0.1, -0.05) is 177 Å². The van der Waals surface area contributed by atoms with Crippen molar-refractivity contribution in [1.29, 1.82) is 5.41 Å². The standard InChI is InChI=1S/C101H137N23O20S/c1-8-58(6)86-99(142)124-39-17-25-80(124)96(139)121-85(57(4)5)97(140)118-76(46-70-49-106-55-110-70)94(137)115-72(40-56(2)3)90(133)120-79(88(131)108-50-81(102)125)52-145-53-83(127)113-73(41-59-18-11-9-12-19-59)91(134)116-74(42-60-26-30-63(31-27-60)62-20-13-10-14-21-62)92(135)119-78(43-61-28-32-64(33-29-61)65-34-36-68(37-35-65)111-87(130)66-22-15-23-67(44-66)100(143)144)98(141)123(7)51-82(126)112-75(45-69-48-105-54-109-69)93(136)117-77(47-84(128)129)95(138)114-71(89(132)122-86)24-16-38-107-101(103)104/h10,13-14,20-21,26-37,48-49,54-59,66-67,71-80,85-86H,8-9,11-12,15-19,22-25,38-47,50-53H2,1-7H3,(H2,102,125)(H,105,109)(H,106,110)(H,108,131)(H,111,130)(H,112,126)(H,113,127)(H,114,138)(H,115,137)(H,116,134)(H,117,136)(H,118,140)(H,119,135)(H,120,133)(H,121,139)(H,122,132)(H,128,129)(H,143,144)(H4,103,104,107)/t58-,66-,67+,71+,72-,73-,74-,75-,76-,77-,78-,79-,80-,85-,86-/m0/s1. The Balaban J connectivity index is 1.02. The highest BCUT2D eigenvalue weighted by Crippen LogP contribution is 2.33. The fraction of sp³-hybridized carbons (Fsp3) is 0.515. The molecule has 2 aliphatic heterocycles. The molecule has 2 saturated carbocycles. The van der Waals surface area contributed by atoms with Crippen molar-refractivity contribution in [3.8, 4) is 22.3 Å². The Morgan fingerprint density at radius 3 is 1.60 bits per heavy atom. The third-order valence-electron chi connectivity index (χ3n) is 26.4. The molecule has 43 nitrogen and oxygen atoms in total. The minimum Gasteiger partial charge on any atom is -0.481 e. The number of likely N-dealkylation sites (N-methyl/N-ethyl adjacent to an activating group) is 1. The molecular formula is C101H137N23O20S. The van der Waals surface area contributed by atoms with Gasteiger partial charge in [-0.25, -0.2) is 9.97 Å². The number of aromatic nitrogens is 4. The molecule has 2 aliphatic carbocycles. The van der Waals surface area contributed by atoms with Gasteiger partial charge in [0.1, 0.15) is 72.5 Å². The number of H-pyrrole nitrogens is 2. The maximum Gasteiger partial charge on any atom is 0.306 e. The van der Waals surface area contributed by atoms with Gasteiger partial charge in [0.05, 0.1) is 43.8 Å². The van der Waals surface area contributed by atoms with E-state index in [2.05, 4.69) is 94.4 Å². The van der Waals surface area contributed by atoms with Crippen LogP contribution in [0.15, 0.2) is 128 Å². The molecule has 0 radical (unpaired) electrons. The smallest absolute Gasteiger partial charge is 0.306 e. The molecule has 0 bridgehead atoms. The number of primary amides is 1. The second-order valence-electron chi connectivity index (χ2n) is 38.5. The number of fused-ring (bicyclic) bond motifs is 1. The van der Waals surface area contributed by atoms with Gasteiger partial charge in [0.15, 0.2) is 5.96 Å². The van der Waals surface area contributed by atoms with Gasteiger partial charge < -0.3 is 116 Å². The van der Waals surface area contributed by atoms with E-state index in [0.29, 0.717) is 65.7 Å². The highest BCUT2D eigenvalue weighted by molar-refractivity contribution is 8.00. The molecule has 4 fully saturated rings. The lowest BCUT2D eigenvalue weighted by molar-refractivity contribution is -0.144. The van der Waals surface area contributed by atoms with Gasteiger partial charge in [0.2, 0.25) is 94.5 Å². The SMILES string of the molecule is CC[C@H](C)[C@@H]1NC(=O)[C@@H](CCCNC(=N)N)NC(=O)[C@H](CC(=O)O)NC(=O)[C@H](Cc2cnc[nH]2)NC(=O)CN(C)C(=O)[C@H](Cc2ccc(-c3ccc(NC(=O)[C@H]4CCC[C@@H](C(=O)O)C4)cc3)cc2)NC(=O)[C@H](Cc2ccc(-c3ccccc3)cc2)NC(=O)[C@H](CC2CCCCC2)NC(=O)CSC[C@@H](C(=O)NCC(N)=O)NC(=O)[C@H](CC(C)C)NC(=O)[C@H](Cc2cnc[nH]2)NC(=O)[C@H](C(C)C)NC(=O)[C@@H]2CCCN2C1=O. The fourth-order valence-electron chi connectivity index (χ4n) is 18.2. The van der Waals surface area contributed by atoms with Gasteiger partial charge >= 0.3 is 11.9 Å². The van der Waals surface area contributed by atoms with Crippen LogP contribution in [0.4, 0.5) is 5.69 Å². The summed E-state index contributed by atoms with van der Waals surface area (Å²) < 4.78 is 0. The maximum atomic E-state index is 15.9. The van der Waals surface area contributed by atoms with Gasteiger partial charge in [-0.3, -0.25) is 91.7 Å². The van der Waals surface area contributed by atoms with Gasteiger partial charge in [-0.15, -0.1) is 11.8 Å². The lowest BCUT2D eigenvalue weighted by atomic mass is 9.81. The average molecular weight is 2030 g/mol. The predicted octanol–water partition coefficient (Wildman–Crippen LogP) is 2.15. The summed E-state index contributed by atoms with van der Waals surface area (Å²) in [6.45, 7) is 8.54. The van der Waals surface area contributed by atoms with Crippen molar-refractivity contribution in [2.45, 2.75) is 249 Å². The first-order valence-electron chi connectivity index (χ1n) is 49.4. The number of rotatable bonds is 29. The van der Waals surface area contributed by atoms with Crippen LogP contribution >= 0.6 is 11.8 Å². The number of hydrogen-bond acceptors (Lipinski definition) is 22. The van der Waals surface area contributed by atoms with Crippen LogP contribution in [0.5, 0.6) is 0 Å². The monoisotopic (exact) mass is 2020 g/mol. The second kappa shape index (κ2) is 55.3. The summed E-state index contributed by atoms with van der Waals surface area (Å²) in [4.78, 5) is 277. The minimum absolute atomic E-state index is 0.00663. The Labute approximate surface area is 845 Å². The first-order chi connectivity index (χ1) is 69.3. The number of carbonyl (C=O) groups excluding carboxylic acids is 16. The van der Waals surface area contributed by atoms with E-state index in [1.165, 1.54) is 37.0 Å². The summed E-state index contributed by atoms with van der Waals surface area (Å²) in [5.41, 5.74) is 16.2. The van der Waals surface area contributed by atoms with E-state index in [9.17, 15) is 67.7 Å². The molecule has 6 aromatic rings. The van der Waals surface area contributed by atoms with Crippen LogP contribution in [0.3, 0.4) is 0 Å². The number of anilines is 1. The van der Waals surface area contributed by atoms with Crippen molar-refractivity contribution in [3.63, 3.8) is 0 Å². The van der Waals surface area contributed by atoms with E-state index in [-0.39, 0.29) is 113 Å². The molecule has 4 heterocycles. The van der Waals surface area contributed by atoms with E-state index in [0.717, 1.165) is 47.1 Å². The van der Waals surface area contributed by atoms with Crippen LogP contribution in [0.25, 0.3) is 22.3 Å². The number of nitrogens with one attached hydrogen (secondary N) is 17. The normalized spacial score (nSPS) is 24.0. The molecule has 145 heavy (non-hydrogen) atoms. The Hall–Kier alpha value is -14.6. The Morgan fingerprint density at radius 1 is 0.510 bits per heavy atom. The van der Waals surface area contributed by atoms with Crippen molar-refractivity contribution in [2.24, 2.45) is 47.0 Å². The molecule has 15 atom stereocenters. The number of guanidine groups is 1. The number of aromatic amines is 2. The molecule has 16 amide bonds. The topological polar surface area (TPSA) is 656 Å². The highest BCUT2D eigenvalue weighted by Gasteiger charge is 2.44. The number of carboxylic acid groups (broad SMARTS) is 2.